The predicted octanol–water partition coefficient (Wildman–Crippen LogP) is 15.2. The topological polar surface area (TPSA) is 55.8 Å². The second-order valence-corrected chi connectivity index (χ2v) is 17.3. The van der Waals surface area contributed by atoms with Crippen molar-refractivity contribution in [3.8, 4) is 0 Å². The quantitative estimate of drug-likeness (QED) is 0.0457. The molecule has 0 bridgehead atoms. The van der Waals surface area contributed by atoms with Gasteiger partial charge in [-0.3, -0.25) is 9.59 Å². The van der Waals surface area contributed by atoms with E-state index in [0.29, 0.717) is 26.1 Å². The van der Waals surface area contributed by atoms with Crippen molar-refractivity contribution in [1.82, 2.24) is 4.90 Å². The van der Waals surface area contributed by atoms with Crippen LogP contribution in [0.2, 0.25) is 0 Å². The number of carbonyl (C=O) groups is 2. The highest BCUT2D eigenvalue weighted by atomic mass is 16.5. The molecule has 0 fully saturated rings. The van der Waals surface area contributed by atoms with Crippen LogP contribution in [0.3, 0.4) is 0 Å². The Bertz CT molecular complexity index is 712. The highest BCUT2D eigenvalue weighted by Gasteiger charge is 2.13. The molecule has 0 aliphatic carbocycles. The van der Waals surface area contributed by atoms with E-state index in [1.54, 1.807) is 0 Å². The zero-order valence-corrected chi connectivity index (χ0v) is 37.7. The molecule has 5 nitrogen and oxygen atoms in total. The number of ether oxygens (including phenoxy) is 2. The minimum atomic E-state index is 0.0163. The first-order chi connectivity index (χ1) is 26.4. The Balaban J connectivity index is 4.19. The van der Waals surface area contributed by atoms with E-state index >= 15 is 0 Å². The van der Waals surface area contributed by atoms with E-state index in [1.807, 2.05) is 0 Å². The molecule has 0 aromatic heterocycles. The molecule has 0 radical (unpaired) electrons. The van der Waals surface area contributed by atoms with Gasteiger partial charge in [0.25, 0.3) is 0 Å². The average Bonchev–Trinajstić information content (AvgIpc) is 3.16. The van der Waals surface area contributed by atoms with Gasteiger partial charge < -0.3 is 14.4 Å². The average molecular weight is 764 g/mol. The summed E-state index contributed by atoms with van der Waals surface area (Å²) in [4.78, 5) is 27.2. The van der Waals surface area contributed by atoms with Crippen molar-refractivity contribution in [3.63, 3.8) is 0 Å². The fourth-order valence-corrected chi connectivity index (χ4v) is 8.13. The van der Waals surface area contributed by atoms with E-state index in [-0.39, 0.29) is 11.9 Å². The summed E-state index contributed by atoms with van der Waals surface area (Å²) in [7, 11) is 2.24. The van der Waals surface area contributed by atoms with Gasteiger partial charge in [-0.25, -0.2) is 0 Å². The van der Waals surface area contributed by atoms with E-state index in [2.05, 4.69) is 46.6 Å². The highest BCUT2D eigenvalue weighted by Crippen LogP contribution is 2.25. The van der Waals surface area contributed by atoms with E-state index < -0.39 is 0 Å². The van der Waals surface area contributed by atoms with Crippen molar-refractivity contribution in [2.24, 2.45) is 17.8 Å². The van der Waals surface area contributed by atoms with Crippen LogP contribution in [-0.4, -0.2) is 50.2 Å². The first kappa shape index (κ1) is 52.9. The summed E-state index contributed by atoms with van der Waals surface area (Å²) in [6, 6.07) is 0. The van der Waals surface area contributed by atoms with Gasteiger partial charge in [0.1, 0.15) is 0 Å². The molecule has 0 atom stereocenters. The van der Waals surface area contributed by atoms with Crippen LogP contribution in [0.15, 0.2) is 0 Å². The Morgan fingerprint density at radius 1 is 0.389 bits per heavy atom. The molecule has 0 rings (SSSR count). The molecule has 0 spiro atoms. The highest BCUT2D eigenvalue weighted by molar-refractivity contribution is 5.69. The molecule has 0 unspecified atom stereocenters. The van der Waals surface area contributed by atoms with Gasteiger partial charge in [0, 0.05) is 12.8 Å². The van der Waals surface area contributed by atoms with Gasteiger partial charge in [-0.15, -0.1) is 0 Å². The monoisotopic (exact) mass is 764 g/mol. The molecule has 0 aliphatic heterocycles. The van der Waals surface area contributed by atoms with Crippen LogP contribution in [0.1, 0.15) is 253 Å². The summed E-state index contributed by atoms with van der Waals surface area (Å²) in [5, 5.41) is 0. The maximum absolute atomic E-state index is 12.4. The van der Waals surface area contributed by atoms with Gasteiger partial charge in [-0.05, 0) is 76.4 Å². The second-order valence-electron chi connectivity index (χ2n) is 17.3. The zero-order chi connectivity index (χ0) is 39.7. The van der Waals surface area contributed by atoms with Gasteiger partial charge in [-0.2, -0.15) is 0 Å². The largest absolute Gasteiger partial charge is 0.466 e. The maximum Gasteiger partial charge on any atom is 0.305 e. The molecular formula is C49H97NO4. The summed E-state index contributed by atoms with van der Waals surface area (Å²) in [5.41, 5.74) is 0. The fourth-order valence-electron chi connectivity index (χ4n) is 8.13. The molecular weight excluding hydrogens is 667 g/mol. The lowest BCUT2D eigenvalue weighted by atomic mass is 9.90. The van der Waals surface area contributed by atoms with Gasteiger partial charge in [0.05, 0.1) is 13.2 Å². The minimum absolute atomic E-state index is 0.0163. The van der Waals surface area contributed by atoms with Crippen molar-refractivity contribution in [3.05, 3.63) is 0 Å². The number of hydrogen-bond donors (Lipinski definition) is 0. The van der Waals surface area contributed by atoms with Gasteiger partial charge >= 0.3 is 11.9 Å². The van der Waals surface area contributed by atoms with Crippen LogP contribution < -0.4 is 0 Å². The number of rotatable bonds is 43. The molecule has 0 saturated heterocycles. The first-order valence-corrected chi connectivity index (χ1v) is 24.4. The van der Waals surface area contributed by atoms with E-state index in [9.17, 15) is 9.59 Å². The predicted molar refractivity (Wildman–Crippen MR) is 235 cm³/mol. The molecule has 0 heterocycles. The molecule has 322 valence electrons. The molecule has 0 aromatic carbocycles. The molecule has 0 amide bonds. The standard InChI is InChI=1S/C49H97NO4/c1-7-12-22-31-46(32-23-13-8-2)40-43-53-48(51)38-28-20-16-18-26-35-45(37-30-42-50(6)11-5)36-27-19-17-21-29-39-49(52)54-44-41-47(33-24-14-9-3)34-25-15-10-4/h45-47H,7-44H2,1-6H3. The molecule has 0 aromatic rings. The lowest BCUT2D eigenvalue weighted by Gasteiger charge is -2.19. The Hall–Kier alpha value is -1.10. The third-order valence-corrected chi connectivity index (χ3v) is 12.1. The van der Waals surface area contributed by atoms with Crippen LogP contribution >= 0.6 is 0 Å². The summed E-state index contributed by atoms with van der Waals surface area (Å²) >= 11 is 0. The normalized spacial score (nSPS) is 11.8. The van der Waals surface area contributed by atoms with E-state index in [1.165, 1.54) is 173 Å². The van der Waals surface area contributed by atoms with Crippen molar-refractivity contribution in [2.75, 3.05) is 33.4 Å². The molecule has 0 aliphatic rings. The third kappa shape index (κ3) is 36.5. The summed E-state index contributed by atoms with van der Waals surface area (Å²) in [6.45, 7) is 14.9. The Kier molecular flexibility index (Phi) is 40.7. The number of esters is 2. The van der Waals surface area contributed by atoms with Crippen LogP contribution in [-0.2, 0) is 19.1 Å². The number of carbonyl (C=O) groups excluding carboxylic acids is 2. The lowest BCUT2D eigenvalue weighted by molar-refractivity contribution is -0.145. The Morgan fingerprint density at radius 2 is 0.685 bits per heavy atom. The minimum Gasteiger partial charge on any atom is -0.466 e. The van der Waals surface area contributed by atoms with Crippen LogP contribution in [0.4, 0.5) is 0 Å². The first-order valence-electron chi connectivity index (χ1n) is 24.4. The lowest BCUT2D eigenvalue weighted by Crippen LogP contribution is -2.19. The van der Waals surface area contributed by atoms with Crippen LogP contribution in [0, 0.1) is 17.8 Å². The Labute approximate surface area is 339 Å². The zero-order valence-electron chi connectivity index (χ0n) is 37.7. The summed E-state index contributed by atoms with van der Waals surface area (Å²) in [5.74, 6) is 2.32. The molecule has 0 N–H and O–H groups in total. The molecule has 5 heteroatoms. The summed E-state index contributed by atoms with van der Waals surface area (Å²) in [6.07, 6.45) is 41.3. The molecule has 0 saturated carbocycles. The second kappa shape index (κ2) is 41.5. The van der Waals surface area contributed by atoms with E-state index in [4.69, 9.17) is 9.47 Å². The van der Waals surface area contributed by atoms with Crippen molar-refractivity contribution in [2.45, 2.75) is 253 Å². The Morgan fingerprint density at radius 3 is 1.04 bits per heavy atom. The fraction of sp³-hybridized carbons (Fsp3) is 0.959. The number of unbranched alkanes of at least 4 members (excludes halogenated alkanes) is 16. The molecule has 54 heavy (non-hydrogen) atoms. The third-order valence-electron chi connectivity index (χ3n) is 12.1. The number of nitrogens with zero attached hydrogens (tertiary/aromatic N) is 1. The van der Waals surface area contributed by atoms with Crippen LogP contribution in [0.5, 0.6) is 0 Å². The SMILES string of the molecule is CCCCCC(CCCCC)CCOC(=O)CCCCCCCC(CCCCCCCC(=O)OCCC(CCCCC)CCCCC)CCCN(C)CC. The van der Waals surface area contributed by atoms with Gasteiger partial charge in [0.15, 0.2) is 0 Å². The maximum atomic E-state index is 12.4. The van der Waals surface area contributed by atoms with Crippen molar-refractivity contribution in [1.29, 1.82) is 0 Å². The van der Waals surface area contributed by atoms with Crippen molar-refractivity contribution >= 4 is 11.9 Å². The van der Waals surface area contributed by atoms with Crippen LogP contribution in [0.25, 0.3) is 0 Å². The van der Waals surface area contributed by atoms with Crippen molar-refractivity contribution < 1.29 is 19.1 Å². The number of hydrogen-bond acceptors (Lipinski definition) is 5. The van der Waals surface area contributed by atoms with E-state index in [0.717, 1.165) is 62.8 Å². The van der Waals surface area contributed by atoms with Gasteiger partial charge in [-0.1, -0.05) is 202 Å². The smallest absolute Gasteiger partial charge is 0.305 e. The van der Waals surface area contributed by atoms with Gasteiger partial charge in [0.2, 0.25) is 0 Å². The summed E-state index contributed by atoms with van der Waals surface area (Å²) < 4.78 is 11.3.